The lowest BCUT2D eigenvalue weighted by Gasteiger charge is -2.10. The van der Waals surface area contributed by atoms with Crippen molar-refractivity contribution in [1.29, 1.82) is 0 Å². The van der Waals surface area contributed by atoms with E-state index >= 15 is 0 Å². The van der Waals surface area contributed by atoms with Crippen LogP contribution in [0.4, 0.5) is 21.6 Å². The highest BCUT2D eigenvalue weighted by Crippen LogP contribution is 2.30. The molecule has 10 heteroatoms. The second-order valence-electron chi connectivity index (χ2n) is 8.55. The first-order valence-corrected chi connectivity index (χ1v) is 13.9. The molecule has 4 aromatic rings. The molecule has 8 nitrogen and oxygen atoms in total. The maximum Gasteiger partial charge on any atom is 0.408 e. The smallest absolute Gasteiger partial charge is 0.408 e. The van der Waals surface area contributed by atoms with Gasteiger partial charge in [-0.05, 0) is 81.8 Å². The molecular weight excluding hydrogens is 528 g/mol. The van der Waals surface area contributed by atoms with E-state index in [-0.39, 0.29) is 14.9 Å². The Labute approximate surface area is 240 Å². The number of methoxy groups -OCH3 is 2. The maximum atomic E-state index is 5.63. The molecule has 0 N–H and O–H groups in total. The molecule has 0 aliphatic rings. The summed E-state index contributed by atoms with van der Waals surface area (Å²) in [7, 11) is 7.32. The summed E-state index contributed by atoms with van der Waals surface area (Å²) in [6.45, 7) is 0. The molecule has 0 unspecified atom stereocenters. The number of hydrogen-bond donors (Lipinski definition) is 0. The molecule has 2 heterocycles. The van der Waals surface area contributed by atoms with E-state index in [1.807, 2.05) is 70.6 Å². The van der Waals surface area contributed by atoms with E-state index in [0.717, 1.165) is 65.2 Å². The average Bonchev–Trinajstić information content (AvgIpc) is 3.53. The Balaban J connectivity index is 0.00000267. The third kappa shape index (κ3) is 8.76. The van der Waals surface area contributed by atoms with Gasteiger partial charge in [-0.2, -0.15) is 0 Å². The first kappa shape index (κ1) is 31.7. The Hall–Kier alpha value is -3.50. The summed E-state index contributed by atoms with van der Waals surface area (Å²) in [4.78, 5) is 0. The Kier molecular flexibility index (Phi) is 12.9. The summed E-state index contributed by atoms with van der Waals surface area (Å²) < 4.78 is 15.1. The molecule has 4 rings (SSSR count). The van der Waals surface area contributed by atoms with Crippen LogP contribution in [0.3, 0.4) is 0 Å². The highest BCUT2D eigenvalue weighted by Gasteiger charge is 2.11. The van der Waals surface area contributed by atoms with Crippen molar-refractivity contribution >= 4 is 44.3 Å². The van der Waals surface area contributed by atoms with Crippen LogP contribution >= 0.6 is 22.7 Å². The average molecular weight is 567 g/mol. The predicted octanol–water partition coefficient (Wildman–Crippen LogP) is 8.16. The van der Waals surface area contributed by atoms with Gasteiger partial charge in [0.1, 0.15) is 35.3 Å². The molecule has 0 saturated carbocycles. The number of thiazole rings is 2. The lowest BCUT2D eigenvalue weighted by molar-refractivity contribution is -0.654. The summed E-state index contributed by atoms with van der Waals surface area (Å²) in [6.07, 6.45) is 9.11. The van der Waals surface area contributed by atoms with Crippen LogP contribution in [-0.2, 0) is 26.9 Å². The first-order valence-electron chi connectivity index (χ1n) is 12.1. The summed E-state index contributed by atoms with van der Waals surface area (Å²) in [5.74, 6) is 1.71. The van der Waals surface area contributed by atoms with Gasteiger partial charge in [0.05, 0.1) is 38.5 Å². The highest BCUT2D eigenvalue weighted by molar-refractivity contribution is 7.13. The minimum absolute atomic E-state index is 0. The second-order valence-corrected chi connectivity index (χ2v) is 10.3. The molecule has 0 saturated heterocycles. The molecule has 208 valence electrons. The standard InChI is InChI=1S/C27H32N6O2S2.2CH3/c1-32-14-16-36-26(32)30-28-22-12-10-20(24(18-22)34-3)8-6-5-7-9-21-11-13-23(19-25(21)35-4)29-31-27-33(2)15-17-37-27;;/h10-19H,5-9H2,1-4H3;2*1H3/q+2;2*-1. The van der Waals surface area contributed by atoms with Crippen LogP contribution in [0, 0.1) is 14.9 Å². The van der Waals surface area contributed by atoms with Crippen molar-refractivity contribution in [2.75, 3.05) is 14.2 Å². The van der Waals surface area contributed by atoms with Crippen LogP contribution in [0.2, 0.25) is 0 Å². The fourth-order valence-corrected chi connectivity index (χ4v) is 5.22. The van der Waals surface area contributed by atoms with Gasteiger partial charge in [-0.25, -0.2) is 9.13 Å². The fourth-order valence-electron chi connectivity index (χ4n) is 3.86. The van der Waals surface area contributed by atoms with Gasteiger partial charge in [0.2, 0.25) is 0 Å². The van der Waals surface area contributed by atoms with E-state index < -0.39 is 0 Å². The molecule has 39 heavy (non-hydrogen) atoms. The van der Waals surface area contributed by atoms with Crippen molar-refractivity contribution in [3.8, 4) is 11.5 Å². The number of azo groups is 2. The van der Waals surface area contributed by atoms with Crippen LogP contribution < -0.4 is 18.6 Å². The van der Waals surface area contributed by atoms with E-state index in [9.17, 15) is 0 Å². The van der Waals surface area contributed by atoms with Gasteiger partial charge >= 0.3 is 10.3 Å². The molecular formula is C29H38N6O2S2. The van der Waals surface area contributed by atoms with Crippen LogP contribution in [0.15, 0.2) is 80.0 Å². The summed E-state index contributed by atoms with van der Waals surface area (Å²) in [6, 6.07) is 12.1. The molecule has 0 fully saturated rings. The molecule has 0 bridgehead atoms. The largest absolute Gasteiger partial charge is 0.496 e. The van der Waals surface area contributed by atoms with Crippen molar-refractivity contribution in [3.05, 3.63) is 85.5 Å². The molecule has 0 spiro atoms. The number of rotatable bonds is 12. The maximum absolute atomic E-state index is 5.63. The van der Waals surface area contributed by atoms with Gasteiger partial charge in [0, 0.05) is 22.9 Å². The Bertz CT molecular complexity index is 1280. The monoisotopic (exact) mass is 566 g/mol. The number of aromatic nitrogens is 2. The lowest BCUT2D eigenvalue weighted by atomic mass is 10.0. The number of hydrogen-bond acceptors (Lipinski definition) is 8. The summed E-state index contributed by atoms with van der Waals surface area (Å²) >= 11 is 3.11. The molecule has 0 aliphatic heterocycles. The van der Waals surface area contributed by atoms with E-state index in [4.69, 9.17) is 9.47 Å². The summed E-state index contributed by atoms with van der Waals surface area (Å²) in [5.41, 5.74) is 3.95. The predicted molar refractivity (Wildman–Crippen MR) is 159 cm³/mol. The molecule has 2 aromatic carbocycles. The highest BCUT2D eigenvalue weighted by atomic mass is 32.1. The van der Waals surface area contributed by atoms with Gasteiger partial charge in [-0.1, -0.05) is 18.6 Å². The van der Waals surface area contributed by atoms with Gasteiger partial charge < -0.3 is 24.3 Å². The topological polar surface area (TPSA) is 75.7 Å². The van der Waals surface area contributed by atoms with Gasteiger partial charge in [-0.3, -0.25) is 0 Å². The van der Waals surface area contributed by atoms with Crippen molar-refractivity contribution in [1.82, 2.24) is 0 Å². The van der Waals surface area contributed by atoms with Crippen LogP contribution in [0.5, 0.6) is 11.5 Å². The van der Waals surface area contributed by atoms with E-state index in [1.165, 1.54) is 11.1 Å². The number of aryl methyl sites for hydroxylation is 4. The lowest BCUT2D eigenvalue weighted by Crippen LogP contribution is -2.23. The van der Waals surface area contributed by atoms with E-state index in [2.05, 4.69) is 32.6 Å². The molecule has 0 radical (unpaired) electrons. The fraction of sp³-hybridized carbons (Fsp3) is 0.310. The zero-order valence-corrected chi connectivity index (χ0v) is 25.3. The van der Waals surface area contributed by atoms with Crippen LogP contribution in [0.25, 0.3) is 0 Å². The van der Waals surface area contributed by atoms with Crippen LogP contribution in [0.1, 0.15) is 30.4 Å². The Morgan fingerprint density at radius 1 is 0.641 bits per heavy atom. The zero-order chi connectivity index (χ0) is 26.0. The van der Waals surface area contributed by atoms with Crippen molar-refractivity contribution in [3.63, 3.8) is 0 Å². The minimum Gasteiger partial charge on any atom is -0.496 e. The second kappa shape index (κ2) is 15.8. The number of benzene rings is 2. The zero-order valence-electron chi connectivity index (χ0n) is 23.6. The van der Waals surface area contributed by atoms with Gasteiger partial charge in [-0.15, -0.1) is 0 Å². The SMILES string of the molecule is COc1cc(N=Nc2scc[n+]2C)ccc1CCCCCc1ccc(N=Nc2scc[n+]2C)cc1OC.[CH3-].[CH3-]. The molecule has 0 aliphatic carbocycles. The van der Waals surface area contributed by atoms with Crippen molar-refractivity contribution < 1.29 is 18.6 Å². The van der Waals surface area contributed by atoms with Crippen molar-refractivity contribution in [2.24, 2.45) is 34.6 Å². The molecule has 0 amide bonds. The van der Waals surface area contributed by atoms with Gasteiger partial charge in [0.25, 0.3) is 0 Å². The molecule has 0 atom stereocenters. The van der Waals surface area contributed by atoms with Crippen LogP contribution in [-0.4, -0.2) is 14.2 Å². The molecule has 2 aromatic heterocycles. The number of unbranched alkanes of at least 4 members (excludes halogenated alkanes) is 2. The number of nitrogens with zero attached hydrogens (tertiary/aromatic N) is 6. The quantitative estimate of drug-likeness (QED) is 0.0751. The van der Waals surface area contributed by atoms with E-state index in [1.54, 1.807) is 36.9 Å². The third-order valence-electron chi connectivity index (χ3n) is 5.95. The van der Waals surface area contributed by atoms with Gasteiger partial charge in [0.15, 0.2) is 0 Å². The Morgan fingerprint density at radius 2 is 1.08 bits per heavy atom. The summed E-state index contributed by atoms with van der Waals surface area (Å²) in [5, 5.41) is 23.1. The normalized spacial score (nSPS) is 11.0. The van der Waals surface area contributed by atoms with Crippen molar-refractivity contribution in [2.45, 2.75) is 32.1 Å². The number of ether oxygens (including phenoxy) is 2. The Morgan fingerprint density at radius 3 is 1.44 bits per heavy atom. The first-order chi connectivity index (χ1) is 18.1. The van der Waals surface area contributed by atoms with E-state index in [0.29, 0.717) is 0 Å². The third-order valence-corrected chi connectivity index (χ3v) is 7.63. The minimum atomic E-state index is 0.